The molecule has 0 bridgehead atoms. The minimum absolute atomic E-state index is 0.102. The average molecular weight is 388 g/mol. The fourth-order valence-electron chi connectivity index (χ4n) is 3.96. The molecule has 2 heterocycles. The molecular formula is C17H24O10. The second-order valence-electron chi connectivity index (χ2n) is 7.11. The van der Waals surface area contributed by atoms with E-state index in [2.05, 4.69) is 0 Å². The van der Waals surface area contributed by atoms with E-state index in [0.717, 1.165) is 6.26 Å². The number of carbonyl (C=O) groups is 2. The van der Waals surface area contributed by atoms with E-state index in [-0.39, 0.29) is 23.7 Å². The lowest BCUT2D eigenvalue weighted by Gasteiger charge is -2.42. The van der Waals surface area contributed by atoms with E-state index >= 15 is 0 Å². The zero-order valence-electron chi connectivity index (χ0n) is 14.9. The molecule has 4 N–H and O–H groups in total. The number of rotatable bonds is 4. The van der Waals surface area contributed by atoms with Crippen molar-refractivity contribution in [3.8, 4) is 0 Å². The van der Waals surface area contributed by atoms with Crippen LogP contribution in [0.25, 0.3) is 0 Å². The molecule has 2 aliphatic heterocycles. The molecule has 3 rings (SSSR count). The monoisotopic (exact) mass is 388 g/mol. The normalized spacial score (nSPS) is 44.3. The number of Topliss-reactive ketones (excluding diaryl/α,β-unsaturated/α-hetero) is 1. The van der Waals surface area contributed by atoms with Gasteiger partial charge in [0.1, 0.15) is 30.2 Å². The van der Waals surface area contributed by atoms with Crippen LogP contribution < -0.4 is 0 Å². The SMILES string of the molecule is COC(=O)C1=COC(O[C@H]2OC(CO)[C@H](O)C(O)C2O)[C@H]2[C@H]1C(=O)C[C@@H]2C. The molecule has 10 heteroatoms. The number of ketones is 1. The van der Waals surface area contributed by atoms with Crippen molar-refractivity contribution in [2.45, 2.75) is 50.3 Å². The summed E-state index contributed by atoms with van der Waals surface area (Å²) in [4.78, 5) is 24.4. The third kappa shape index (κ3) is 3.48. The van der Waals surface area contributed by atoms with Gasteiger partial charge in [-0.1, -0.05) is 6.92 Å². The third-order valence-electron chi connectivity index (χ3n) is 5.43. The summed E-state index contributed by atoms with van der Waals surface area (Å²) in [6.45, 7) is 1.22. The zero-order chi connectivity index (χ0) is 19.9. The first-order chi connectivity index (χ1) is 12.8. The largest absolute Gasteiger partial charge is 0.472 e. The van der Waals surface area contributed by atoms with E-state index in [9.17, 15) is 30.0 Å². The maximum atomic E-state index is 12.4. The Morgan fingerprint density at radius 2 is 1.93 bits per heavy atom. The van der Waals surface area contributed by atoms with Crippen LogP contribution in [0.4, 0.5) is 0 Å². The molecule has 0 amide bonds. The van der Waals surface area contributed by atoms with Gasteiger partial charge in [-0.15, -0.1) is 0 Å². The van der Waals surface area contributed by atoms with Crippen LogP contribution in [-0.4, -0.2) is 82.9 Å². The Balaban J connectivity index is 1.82. The number of hydrogen-bond acceptors (Lipinski definition) is 10. The van der Waals surface area contributed by atoms with Crippen molar-refractivity contribution < 1.29 is 49.0 Å². The average Bonchev–Trinajstić information content (AvgIpc) is 2.96. The molecular weight excluding hydrogens is 364 g/mol. The van der Waals surface area contributed by atoms with Crippen LogP contribution in [0.2, 0.25) is 0 Å². The predicted octanol–water partition coefficient (Wildman–Crippen LogP) is -1.94. The first-order valence-corrected chi connectivity index (χ1v) is 8.72. The Hall–Kier alpha value is -1.56. The molecule has 1 aliphatic carbocycles. The molecule has 0 spiro atoms. The molecule has 4 unspecified atom stereocenters. The molecule has 0 radical (unpaired) electrons. The summed E-state index contributed by atoms with van der Waals surface area (Å²) in [5.74, 6) is -2.28. The summed E-state index contributed by atoms with van der Waals surface area (Å²) in [5.41, 5.74) is 0.102. The van der Waals surface area contributed by atoms with Gasteiger partial charge in [-0.25, -0.2) is 4.79 Å². The molecule has 2 fully saturated rings. The molecule has 1 saturated carbocycles. The number of ether oxygens (including phenoxy) is 4. The number of aliphatic hydroxyl groups is 4. The molecule has 0 aromatic rings. The molecule has 27 heavy (non-hydrogen) atoms. The van der Waals surface area contributed by atoms with Gasteiger partial charge in [-0.3, -0.25) is 4.79 Å². The Bertz CT molecular complexity index is 617. The number of carbonyl (C=O) groups excluding carboxylic acids is 2. The number of fused-ring (bicyclic) bond motifs is 1. The summed E-state index contributed by atoms with van der Waals surface area (Å²) in [5, 5.41) is 39.1. The second-order valence-corrected chi connectivity index (χ2v) is 7.11. The summed E-state index contributed by atoms with van der Waals surface area (Å²) in [7, 11) is 1.21. The van der Waals surface area contributed by atoms with E-state index in [1.807, 2.05) is 6.92 Å². The Kier molecular flexibility index (Phi) is 5.84. The van der Waals surface area contributed by atoms with E-state index in [0.29, 0.717) is 0 Å². The van der Waals surface area contributed by atoms with Gasteiger partial charge in [0.05, 0.1) is 31.5 Å². The lowest BCUT2D eigenvalue weighted by Crippen LogP contribution is -2.60. The standard InChI is InChI=1S/C17H24O10/c1-6-3-8(19)11-7(15(23)24-2)5-25-16(10(6)11)27-17-14(22)13(21)12(20)9(4-18)26-17/h5-6,9-14,16-18,20-22H,3-4H2,1-2H3/t6-,9?,10+,11+,12-,13?,14?,16?,17+/m0/s1. The first-order valence-electron chi connectivity index (χ1n) is 8.72. The van der Waals surface area contributed by atoms with Crippen LogP contribution in [0.1, 0.15) is 13.3 Å². The number of esters is 1. The molecule has 0 aromatic heterocycles. The van der Waals surface area contributed by atoms with Gasteiger partial charge < -0.3 is 39.4 Å². The smallest absolute Gasteiger partial charge is 0.337 e. The zero-order valence-corrected chi connectivity index (χ0v) is 14.9. The van der Waals surface area contributed by atoms with Crippen molar-refractivity contribution in [3.63, 3.8) is 0 Å². The molecule has 1 saturated heterocycles. The Morgan fingerprint density at radius 3 is 2.56 bits per heavy atom. The van der Waals surface area contributed by atoms with Gasteiger partial charge >= 0.3 is 5.97 Å². The van der Waals surface area contributed by atoms with Crippen molar-refractivity contribution in [2.24, 2.45) is 17.8 Å². The van der Waals surface area contributed by atoms with Gasteiger partial charge in [0, 0.05) is 12.3 Å². The molecule has 3 aliphatic rings. The van der Waals surface area contributed by atoms with Gasteiger partial charge in [0.2, 0.25) is 6.29 Å². The van der Waals surface area contributed by atoms with Crippen LogP contribution in [0.3, 0.4) is 0 Å². The Morgan fingerprint density at radius 1 is 1.22 bits per heavy atom. The highest BCUT2D eigenvalue weighted by molar-refractivity contribution is 5.99. The highest BCUT2D eigenvalue weighted by atomic mass is 16.8. The first kappa shape index (κ1) is 20.2. The highest BCUT2D eigenvalue weighted by Crippen LogP contribution is 2.45. The van der Waals surface area contributed by atoms with Crippen LogP contribution in [0.15, 0.2) is 11.8 Å². The van der Waals surface area contributed by atoms with Crippen molar-refractivity contribution in [1.29, 1.82) is 0 Å². The van der Waals surface area contributed by atoms with Gasteiger partial charge in [-0.2, -0.15) is 0 Å². The fraction of sp³-hybridized carbons (Fsp3) is 0.765. The van der Waals surface area contributed by atoms with E-state index in [1.54, 1.807) is 0 Å². The quantitative estimate of drug-likeness (QED) is 0.400. The maximum absolute atomic E-state index is 12.4. The van der Waals surface area contributed by atoms with E-state index in [1.165, 1.54) is 7.11 Å². The van der Waals surface area contributed by atoms with Crippen LogP contribution in [0.5, 0.6) is 0 Å². The number of aliphatic hydroxyl groups excluding tert-OH is 4. The van der Waals surface area contributed by atoms with Crippen LogP contribution in [0, 0.1) is 17.8 Å². The Labute approximate surface area is 155 Å². The van der Waals surface area contributed by atoms with Crippen molar-refractivity contribution in [2.75, 3.05) is 13.7 Å². The highest BCUT2D eigenvalue weighted by Gasteiger charge is 2.54. The van der Waals surface area contributed by atoms with E-state index < -0.39 is 61.4 Å². The molecule has 9 atom stereocenters. The van der Waals surface area contributed by atoms with Gasteiger partial charge in [-0.05, 0) is 5.92 Å². The van der Waals surface area contributed by atoms with Crippen molar-refractivity contribution in [1.82, 2.24) is 0 Å². The fourth-order valence-corrected chi connectivity index (χ4v) is 3.96. The molecule has 152 valence electrons. The third-order valence-corrected chi connectivity index (χ3v) is 5.43. The summed E-state index contributed by atoms with van der Waals surface area (Å²) < 4.78 is 21.2. The lowest BCUT2D eigenvalue weighted by atomic mass is 9.83. The summed E-state index contributed by atoms with van der Waals surface area (Å²) in [6.07, 6.45) is -6.93. The molecule has 10 nitrogen and oxygen atoms in total. The van der Waals surface area contributed by atoms with Crippen molar-refractivity contribution in [3.05, 3.63) is 11.8 Å². The summed E-state index contributed by atoms with van der Waals surface area (Å²) >= 11 is 0. The van der Waals surface area contributed by atoms with Gasteiger partial charge in [0.15, 0.2) is 6.29 Å². The minimum Gasteiger partial charge on any atom is -0.472 e. The van der Waals surface area contributed by atoms with Crippen molar-refractivity contribution >= 4 is 11.8 Å². The lowest BCUT2D eigenvalue weighted by molar-refractivity contribution is -0.342. The number of hydrogen-bond donors (Lipinski definition) is 4. The topological polar surface area (TPSA) is 152 Å². The number of methoxy groups -OCH3 is 1. The predicted molar refractivity (Wildman–Crippen MR) is 85.6 cm³/mol. The van der Waals surface area contributed by atoms with Gasteiger partial charge in [0.25, 0.3) is 0 Å². The second kappa shape index (κ2) is 7.82. The summed E-state index contributed by atoms with van der Waals surface area (Å²) in [6, 6.07) is 0. The maximum Gasteiger partial charge on any atom is 0.337 e. The minimum atomic E-state index is -1.59. The van der Waals surface area contributed by atoms with E-state index in [4.69, 9.17) is 18.9 Å². The van der Waals surface area contributed by atoms with Crippen LogP contribution >= 0.6 is 0 Å². The van der Waals surface area contributed by atoms with Crippen LogP contribution in [-0.2, 0) is 28.5 Å². The molecule has 0 aromatic carbocycles.